The summed E-state index contributed by atoms with van der Waals surface area (Å²) >= 11 is 1.59. The maximum atomic E-state index is 4.37. The molecular formula is C10H12N4S. The van der Waals surface area contributed by atoms with E-state index in [-0.39, 0.29) is 0 Å². The second-order valence-corrected chi connectivity index (χ2v) is 4.00. The Morgan fingerprint density at radius 2 is 2.20 bits per heavy atom. The summed E-state index contributed by atoms with van der Waals surface area (Å²) in [6.45, 7) is 4.57. The van der Waals surface area contributed by atoms with Gasteiger partial charge in [0, 0.05) is 11.6 Å². The van der Waals surface area contributed by atoms with Gasteiger partial charge in [0.1, 0.15) is 5.82 Å². The number of hydrogen-bond donors (Lipinski definition) is 1. The molecule has 0 saturated heterocycles. The van der Waals surface area contributed by atoms with Crippen molar-refractivity contribution in [1.29, 1.82) is 0 Å². The summed E-state index contributed by atoms with van der Waals surface area (Å²) in [6, 6.07) is 0. The molecule has 0 aliphatic rings. The van der Waals surface area contributed by atoms with Crippen LogP contribution < -0.4 is 5.32 Å². The van der Waals surface area contributed by atoms with Crippen molar-refractivity contribution in [2.75, 3.05) is 5.32 Å². The van der Waals surface area contributed by atoms with Gasteiger partial charge < -0.3 is 5.32 Å². The monoisotopic (exact) mass is 220 g/mol. The van der Waals surface area contributed by atoms with Crippen molar-refractivity contribution in [3.63, 3.8) is 0 Å². The third kappa shape index (κ3) is 2.50. The van der Waals surface area contributed by atoms with E-state index in [1.54, 1.807) is 17.5 Å². The van der Waals surface area contributed by atoms with Crippen molar-refractivity contribution >= 4 is 17.2 Å². The molecule has 2 rings (SSSR count). The summed E-state index contributed by atoms with van der Waals surface area (Å²) in [5.74, 6) is 0.836. The van der Waals surface area contributed by atoms with E-state index in [2.05, 4.69) is 20.3 Å². The fourth-order valence-electron chi connectivity index (χ4n) is 1.20. The van der Waals surface area contributed by atoms with Gasteiger partial charge in [-0.25, -0.2) is 9.97 Å². The van der Waals surface area contributed by atoms with Crippen LogP contribution in [0.5, 0.6) is 0 Å². The van der Waals surface area contributed by atoms with Crippen LogP contribution in [-0.2, 0) is 6.54 Å². The molecule has 0 aliphatic carbocycles. The Morgan fingerprint density at radius 3 is 2.93 bits per heavy atom. The minimum absolute atomic E-state index is 0.697. The Bertz CT molecular complexity index is 439. The van der Waals surface area contributed by atoms with E-state index in [4.69, 9.17) is 0 Å². The van der Waals surface area contributed by atoms with Crippen molar-refractivity contribution < 1.29 is 0 Å². The Labute approximate surface area is 92.4 Å². The molecule has 0 bridgehead atoms. The predicted molar refractivity (Wildman–Crippen MR) is 60.9 cm³/mol. The van der Waals surface area contributed by atoms with Gasteiger partial charge in [0.15, 0.2) is 0 Å². The highest BCUT2D eigenvalue weighted by atomic mass is 32.1. The minimum atomic E-state index is 0.697. The fourth-order valence-corrected chi connectivity index (χ4v) is 1.76. The van der Waals surface area contributed by atoms with E-state index in [0.29, 0.717) is 6.54 Å². The summed E-state index contributed by atoms with van der Waals surface area (Å²) < 4.78 is 0. The second kappa shape index (κ2) is 4.35. The lowest BCUT2D eigenvalue weighted by Gasteiger charge is -2.06. The van der Waals surface area contributed by atoms with Gasteiger partial charge in [0.2, 0.25) is 0 Å². The van der Waals surface area contributed by atoms with Crippen LogP contribution >= 0.6 is 11.3 Å². The normalized spacial score (nSPS) is 10.3. The molecule has 4 nitrogen and oxygen atoms in total. The third-order valence-electron chi connectivity index (χ3n) is 2.00. The van der Waals surface area contributed by atoms with Crippen molar-refractivity contribution in [1.82, 2.24) is 15.0 Å². The fraction of sp³-hybridized carbons (Fsp3) is 0.300. The molecule has 0 radical (unpaired) electrons. The zero-order valence-corrected chi connectivity index (χ0v) is 9.51. The molecule has 2 aromatic heterocycles. The van der Waals surface area contributed by atoms with Crippen LogP contribution in [0.15, 0.2) is 17.1 Å². The third-order valence-corrected chi connectivity index (χ3v) is 2.63. The van der Waals surface area contributed by atoms with Crippen molar-refractivity contribution in [2.24, 2.45) is 0 Å². The van der Waals surface area contributed by atoms with Gasteiger partial charge in [-0.1, -0.05) is 0 Å². The van der Waals surface area contributed by atoms with Gasteiger partial charge >= 0.3 is 0 Å². The number of hydrogen-bond acceptors (Lipinski definition) is 5. The van der Waals surface area contributed by atoms with Gasteiger partial charge in [0.25, 0.3) is 0 Å². The summed E-state index contributed by atoms with van der Waals surface area (Å²) in [7, 11) is 0. The van der Waals surface area contributed by atoms with Gasteiger partial charge in [-0.05, 0) is 13.8 Å². The van der Waals surface area contributed by atoms with Gasteiger partial charge in [-0.3, -0.25) is 4.98 Å². The quantitative estimate of drug-likeness (QED) is 0.861. The van der Waals surface area contributed by atoms with Crippen LogP contribution in [-0.4, -0.2) is 15.0 Å². The average molecular weight is 220 g/mol. The molecule has 2 aromatic rings. The number of thiazole rings is 1. The van der Waals surface area contributed by atoms with E-state index in [1.807, 2.05) is 24.7 Å². The SMILES string of the molecule is Cc1cnc(C)c(NCc2cscn2)n1. The number of nitrogens with one attached hydrogen (secondary N) is 1. The van der Waals surface area contributed by atoms with Gasteiger partial charge in [-0.2, -0.15) is 0 Å². The van der Waals surface area contributed by atoms with Crippen LogP contribution in [0.1, 0.15) is 17.1 Å². The van der Waals surface area contributed by atoms with Gasteiger partial charge in [0.05, 0.1) is 29.1 Å². The highest BCUT2D eigenvalue weighted by Gasteiger charge is 2.01. The Balaban J connectivity index is 2.07. The molecule has 0 fully saturated rings. The molecule has 0 unspecified atom stereocenters. The standard InChI is InChI=1S/C10H12N4S/c1-7-3-11-8(2)10(14-7)12-4-9-5-15-6-13-9/h3,5-6H,4H2,1-2H3,(H,12,14). The van der Waals surface area contributed by atoms with E-state index < -0.39 is 0 Å². The number of anilines is 1. The number of nitrogens with zero attached hydrogens (tertiary/aromatic N) is 3. The average Bonchev–Trinajstić information content (AvgIpc) is 2.72. The highest BCUT2D eigenvalue weighted by Crippen LogP contribution is 2.10. The van der Waals surface area contributed by atoms with Crippen LogP contribution in [0.3, 0.4) is 0 Å². The Morgan fingerprint density at radius 1 is 1.33 bits per heavy atom. The molecule has 78 valence electrons. The van der Waals surface area contributed by atoms with Crippen LogP contribution in [0.25, 0.3) is 0 Å². The molecule has 0 atom stereocenters. The zero-order chi connectivity index (χ0) is 10.7. The first-order valence-electron chi connectivity index (χ1n) is 4.67. The molecule has 0 aliphatic heterocycles. The molecule has 0 saturated carbocycles. The molecule has 5 heteroatoms. The van der Waals surface area contributed by atoms with Crippen molar-refractivity contribution in [3.05, 3.63) is 34.2 Å². The predicted octanol–water partition coefficient (Wildman–Crippen LogP) is 2.16. The topological polar surface area (TPSA) is 50.7 Å². The summed E-state index contributed by atoms with van der Waals surface area (Å²) in [5.41, 5.74) is 4.69. The number of aromatic nitrogens is 3. The number of rotatable bonds is 3. The second-order valence-electron chi connectivity index (χ2n) is 3.28. The smallest absolute Gasteiger partial charge is 0.148 e. The van der Waals surface area contributed by atoms with Crippen LogP contribution in [0, 0.1) is 13.8 Å². The first-order valence-corrected chi connectivity index (χ1v) is 5.61. The Kier molecular flexibility index (Phi) is 2.91. The first kappa shape index (κ1) is 10.0. The summed E-state index contributed by atoms with van der Waals surface area (Å²) in [6.07, 6.45) is 1.77. The van der Waals surface area contributed by atoms with E-state index in [1.165, 1.54) is 0 Å². The van der Waals surface area contributed by atoms with Crippen molar-refractivity contribution in [3.8, 4) is 0 Å². The maximum absolute atomic E-state index is 4.37. The lowest BCUT2D eigenvalue weighted by Crippen LogP contribution is -2.05. The van der Waals surface area contributed by atoms with Gasteiger partial charge in [-0.15, -0.1) is 11.3 Å². The highest BCUT2D eigenvalue weighted by molar-refractivity contribution is 7.07. The van der Waals surface area contributed by atoms with E-state index in [0.717, 1.165) is 22.9 Å². The van der Waals surface area contributed by atoms with Crippen LogP contribution in [0.2, 0.25) is 0 Å². The zero-order valence-electron chi connectivity index (χ0n) is 8.69. The molecule has 0 spiro atoms. The molecular weight excluding hydrogens is 208 g/mol. The number of aryl methyl sites for hydroxylation is 2. The maximum Gasteiger partial charge on any atom is 0.148 e. The molecule has 2 heterocycles. The first-order chi connectivity index (χ1) is 7.25. The van der Waals surface area contributed by atoms with E-state index in [9.17, 15) is 0 Å². The molecule has 15 heavy (non-hydrogen) atoms. The summed E-state index contributed by atoms with van der Waals surface area (Å²) in [5, 5.41) is 5.25. The molecule has 1 N–H and O–H groups in total. The van der Waals surface area contributed by atoms with Crippen LogP contribution in [0.4, 0.5) is 5.82 Å². The minimum Gasteiger partial charge on any atom is -0.363 e. The van der Waals surface area contributed by atoms with Crippen molar-refractivity contribution in [2.45, 2.75) is 20.4 Å². The van der Waals surface area contributed by atoms with E-state index >= 15 is 0 Å². The lowest BCUT2D eigenvalue weighted by atomic mass is 10.4. The molecule has 0 aromatic carbocycles. The Hall–Kier alpha value is -1.49. The lowest BCUT2D eigenvalue weighted by molar-refractivity contribution is 0.999. The molecule has 0 amide bonds. The summed E-state index contributed by atoms with van der Waals surface area (Å²) in [4.78, 5) is 12.8. The largest absolute Gasteiger partial charge is 0.363 e.